The van der Waals surface area contributed by atoms with Gasteiger partial charge in [-0.05, 0) is 57.4 Å². The third-order valence-corrected chi connectivity index (χ3v) is 4.93. The first-order valence-corrected chi connectivity index (χ1v) is 9.47. The van der Waals surface area contributed by atoms with E-state index >= 15 is 0 Å². The molecule has 0 unspecified atom stereocenters. The van der Waals surface area contributed by atoms with E-state index in [1.54, 1.807) is 11.8 Å². The van der Waals surface area contributed by atoms with Crippen molar-refractivity contribution in [2.24, 2.45) is 0 Å². The lowest BCUT2D eigenvalue weighted by atomic mass is 10.1. The Morgan fingerprint density at radius 2 is 1.52 bits per heavy atom. The van der Waals surface area contributed by atoms with E-state index in [1.165, 1.54) is 6.42 Å². The summed E-state index contributed by atoms with van der Waals surface area (Å²) in [7, 11) is 0. The molecule has 1 aliphatic heterocycles. The van der Waals surface area contributed by atoms with Gasteiger partial charge < -0.3 is 14.7 Å². The summed E-state index contributed by atoms with van der Waals surface area (Å²) in [5, 5.41) is 0. The quantitative estimate of drug-likeness (QED) is 0.762. The molecule has 1 aromatic carbocycles. The van der Waals surface area contributed by atoms with E-state index in [2.05, 4.69) is 18.7 Å². The van der Waals surface area contributed by atoms with Crippen molar-refractivity contribution >= 4 is 23.2 Å². The normalized spacial score (nSPS) is 14.3. The van der Waals surface area contributed by atoms with Gasteiger partial charge in [-0.3, -0.25) is 9.59 Å². The molecule has 138 valence electrons. The molecule has 0 aliphatic carbocycles. The van der Waals surface area contributed by atoms with Gasteiger partial charge in [-0.25, -0.2) is 0 Å². The van der Waals surface area contributed by atoms with Gasteiger partial charge in [-0.15, -0.1) is 0 Å². The number of carbonyl (C=O) groups is 2. The highest BCUT2D eigenvalue weighted by atomic mass is 16.2. The van der Waals surface area contributed by atoms with Gasteiger partial charge in [0, 0.05) is 57.4 Å². The van der Waals surface area contributed by atoms with Crippen LogP contribution in [0.3, 0.4) is 0 Å². The molecule has 0 radical (unpaired) electrons. The van der Waals surface area contributed by atoms with Crippen molar-refractivity contribution in [2.75, 3.05) is 42.5 Å². The molecule has 2 amide bonds. The average Bonchev–Trinajstić information content (AvgIpc) is 2.64. The maximum atomic E-state index is 12.4. The Bertz CT molecular complexity index is 561. The third kappa shape index (κ3) is 5.21. The van der Waals surface area contributed by atoms with Crippen LogP contribution >= 0.6 is 0 Å². The van der Waals surface area contributed by atoms with E-state index in [-0.39, 0.29) is 11.8 Å². The minimum absolute atomic E-state index is 0.0259. The van der Waals surface area contributed by atoms with E-state index in [1.807, 2.05) is 29.2 Å². The molecule has 1 aliphatic rings. The molecule has 5 nitrogen and oxygen atoms in total. The van der Waals surface area contributed by atoms with E-state index in [9.17, 15) is 9.59 Å². The summed E-state index contributed by atoms with van der Waals surface area (Å²) in [4.78, 5) is 30.3. The van der Waals surface area contributed by atoms with Crippen molar-refractivity contribution in [3.63, 3.8) is 0 Å². The molecule has 1 saturated heterocycles. The maximum absolute atomic E-state index is 12.4. The van der Waals surface area contributed by atoms with Gasteiger partial charge in [0.25, 0.3) is 0 Å². The van der Waals surface area contributed by atoms with Crippen LogP contribution in [0.1, 0.15) is 46.5 Å². The zero-order chi connectivity index (χ0) is 18.2. The average molecular weight is 345 g/mol. The van der Waals surface area contributed by atoms with Crippen LogP contribution in [-0.2, 0) is 9.59 Å². The summed E-state index contributed by atoms with van der Waals surface area (Å²) in [6.45, 7) is 9.89. The smallest absolute Gasteiger partial charge is 0.224 e. The number of likely N-dealkylation sites (tertiary alicyclic amines) is 1. The second kappa shape index (κ2) is 9.44. The van der Waals surface area contributed by atoms with Crippen molar-refractivity contribution in [3.05, 3.63) is 24.3 Å². The van der Waals surface area contributed by atoms with Gasteiger partial charge in [0.2, 0.25) is 11.8 Å². The molecule has 5 heteroatoms. The number of anilines is 2. The van der Waals surface area contributed by atoms with Gasteiger partial charge in [0.05, 0.1) is 0 Å². The summed E-state index contributed by atoms with van der Waals surface area (Å²) in [5.41, 5.74) is 2.01. The van der Waals surface area contributed by atoms with Gasteiger partial charge in [0.1, 0.15) is 0 Å². The van der Waals surface area contributed by atoms with Gasteiger partial charge >= 0.3 is 0 Å². The Morgan fingerprint density at radius 3 is 2.04 bits per heavy atom. The second-order valence-corrected chi connectivity index (χ2v) is 6.55. The zero-order valence-electron chi connectivity index (χ0n) is 15.8. The highest BCUT2D eigenvalue weighted by Gasteiger charge is 2.19. The van der Waals surface area contributed by atoms with Crippen molar-refractivity contribution in [2.45, 2.75) is 46.5 Å². The molecule has 1 heterocycles. The first kappa shape index (κ1) is 19.3. The Labute approximate surface area is 151 Å². The summed E-state index contributed by atoms with van der Waals surface area (Å²) in [6.07, 6.45) is 3.78. The van der Waals surface area contributed by atoms with E-state index in [0.29, 0.717) is 13.0 Å². The monoisotopic (exact) mass is 345 g/mol. The van der Waals surface area contributed by atoms with Crippen LogP contribution in [0.4, 0.5) is 11.4 Å². The lowest BCUT2D eigenvalue weighted by molar-refractivity contribution is -0.131. The Balaban J connectivity index is 2.00. The van der Waals surface area contributed by atoms with Crippen LogP contribution in [-0.4, -0.2) is 49.4 Å². The standard InChI is InChI=1S/C20H31N3O2/c1-4-21(5-2)18-9-11-19(12-10-18)23(17(3)24)16-13-20(25)22-14-7-6-8-15-22/h9-12H,4-8,13-16H2,1-3H3. The molecule has 2 rings (SSSR count). The number of piperidine rings is 1. The molecular formula is C20H31N3O2. The topological polar surface area (TPSA) is 43.9 Å². The number of carbonyl (C=O) groups excluding carboxylic acids is 2. The lowest BCUT2D eigenvalue weighted by Gasteiger charge is -2.28. The van der Waals surface area contributed by atoms with Crippen molar-refractivity contribution in [1.29, 1.82) is 0 Å². The first-order chi connectivity index (χ1) is 12.1. The highest BCUT2D eigenvalue weighted by molar-refractivity contribution is 5.92. The fourth-order valence-electron chi connectivity index (χ4n) is 3.41. The summed E-state index contributed by atoms with van der Waals surface area (Å²) >= 11 is 0. The molecule has 25 heavy (non-hydrogen) atoms. The molecule has 1 fully saturated rings. The number of hydrogen-bond acceptors (Lipinski definition) is 3. The van der Waals surface area contributed by atoms with Crippen molar-refractivity contribution < 1.29 is 9.59 Å². The number of hydrogen-bond donors (Lipinski definition) is 0. The molecule has 0 spiro atoms. The van der Waals surface area contributed by atoms with Gasteiger partial charge in [-0.2, -0.15) is 0 Å². The Hall–Kier alpha value is -2.04. The van der Waals surface area contributed by atoms with E-state index in [0.717, 1.165) is 50.4 Å². The Morgan fingerprint density at radius 1 is 0.960 bits per heavy atom. The largest absolute Gasteiger partial charge is 0.372 e. The molecule has 0 saturated carbocycles. The second-order valence-electron chi connectivity index (χ2n) is 6.55. The van der Waals surface area contributed by atoms with Crippen LogP contribution in [0.5, 0.6) is 0 Å². The number of benzene rings is 1. The molecular weight excluding hydrogens is 314 g/mol. The number of amides is 2. The van der Waals surface area contributed by atoms with Crippen molar-refractivity contribution in [1.82, 2.24) is 4.90 Å². The highest BCUT2D eigenvalue weighted by Crippen LogP contribution is 2.21. The molecule has 0 aromatic heterocycles. The lowest BCUT2D eigenvalue weighted by Crippen LogP contribution is -2.38. The fourth-order valence-corrected chi connectivity index (χ4v) is 3.41. The summed E-state index contributed by atoms with van der Waals surface area (Å²) < 4.78 is 0. The van der Waals surface area contributed by atoms with Crippen LogP contribution in [0, 0.1) is 0 Å². The van der Waals surface area contributed by atoms with Crippen LogP contribution in [0.15, 0.2) is 24.3 Å². The SMILES string of the molecule is CCN(CC)c1ccc(N(CCC(=O)N2CCCCC2)C(C)=O)cc1. The molecule has 0 bridgehead atoms. The van der Waals surface area contributed by atoms with Gasteiger partial charge in [0.15, 0.2) is 0 Å². The minimum Gasteiger partial charge on any atom is -0.372 e. The first-order valence-electron chi connectivity index (χ1n) is 9.47. The maximum Gasteiger partial charge on any atom is 0.224 e. The van der Waals surface area contributed by atoms with E-state index in [4.69, 9.17) is 0 Å². The number of rotatable bonds is 7. The van der Waals surface area contributed by atoms with Gasteiger partial charge in [-0.1, -0.05) is 0 Å². The molecule has 0 atom stereocenters. The fraction of sp³-hybridized carbons (Fsp3) is 0.600. The predicted octanol–water partition coefficient (Wildman–Crippen LogP) is 3.29. The molecule has 0 N–H and O–H groups in total. The molecule has 1 aromatic rings. The minimum atomic E-state index is -0.0259. The predicted molar refractivity (Wildman–Crippen MR) is 103 cm³/mol. The van der Waals surface area contributed by atoms with Crippen LogP contribution in [0.25, 0.3) is 0 Å². The third-order valence-electron chi connectivity index (χ3n) is 4.93. The zero-order valence-corrected chi connectivity index (χ0v) is 15.8. The Kier molecular flexibility index (Phi) is 7.29. The summed E-state index contributed by atoms with van der Waals surface area (Å²) in [5.74, 6) is 0.132. The van der Waals surface area contributed by atoms with Crippen LogP contribution < -0.4 is 9.80 Å². The number of nitrogens with zero attached hydrogens (tertiary/aromatic N) is 3. The van der Waals surface area contributed by atoms with Crippen molar-refractivity contribution in [3.8, 4) is 0 Å². The summed E-state index contributed by atoms with van der Waals surface area (Å²) in [6, 6.07) is 8.04. The van der Waals surface area contributed by atoms with E-state index < -0.39 is 0 Å². The van der Waals surface area contributed by atoms with Crippen LogP contribution in [0.2, 0.25) is 0 Å².